The molecule has 0 fully saturated rings. The maximum atomic E-state index is 12.6. The van der Waals surface area contributed by atoms with Gasteiger partial charge in [-0.1, -0.05) is 42.5 Å². The predicted octanol–water partition coefficient (Wildman–Crippen LogP) is 3.69. The van der Waals surface area contributed by atoms with Crippen molar-refractivity contribution in [3.05, 3.63) is 94.3 Å². The number of hydrogen-bond acceptors (Lipinski definition) is 4. The zero-order valence-electron chi connectivity index (χ0n) is 16.0. The highest BCUT2D eigenvalue weighted by Gasteiger charge is 2.18. The number of ketones is 1. The molecule has 0 bridgehead atoms. The van der Waals surface area contributed by atoms with Crippen molar-refractivity contribution in [3.63, 3.8) is 0 Å². The first kappa shape index (κ1) is 19.6. The number of nitrogens with zero attached hydrogens (tertiary/aromatic N) is 1. The number of hydrogen-bond donors (Lipinski definition) is 1. The van der Waals surface area contributed by atoms with Crippen LogP contribution in [0.3, 0.4) is 0 Å². The number of aliphatic hydroxyl groups is 1. The maximum Gasteiger partial charge on any atom is 0.338 e. The van der Waals surface area contributed by atoms with Gasteiger partial charge in [-0.15, -0.1) is 0 Å². The standard InChI is InChI=1S/C23H23NO4/c1-16-12-21(17(2)24(16)13-18-6-4-3-5-7-18)22(26)15-28-23(27)20-10-8-19(14-25)9-11-20/h3-12,25H,13-15H2,1-2H3. The van der Waals surface area contributed by atoms with Crippen molar-refractivity contribution >= 4 is 11.8 Å². The van der Waals surface area contributed by atoms with Crippen molar-refractivity contribution in [3.8, 4) is 0 Å². The summed E-state index contributed by atoms with van der Waals surface area (Å²) in [5.41, 5.74) is 4.61. The molecule has 3 aromatic rings. The first-order valence-corrected chi connectivity index (χ1v) is 9.10. The Morgan fingerprint density at radius 2 is 1.64 bits per heavy atom. The monoisotopic (exact) mass is 377 g/mol. The van der Waals surface area contributed by atoms with E-state index in [0.29, 0.717) is 23.2 Å². The summed E-state index contributed by atoms with van der Waals surface area (Å²) in [6, 6.07) is 18.3. The van der Waals surface area contributed by atoms with Crippen LogP contribution in [0.15, 0.2) is 60.7 Å². The number of ether oxygens (including phenoxy) is 1. The summed E-state index contributed by atoms with van der Waals surface area (Å²) in [6.07, 6.45) is 0. The molecule has 0 radical (unpaired) electrons. The molecule has 0 aliphatic heterocycles. The Morgan fingerprint density at radius 3 is 2.29 bits per heavy atom. The van der Waals surface area contributed by atoms with Gasteiger partial charge in [0.2, 0.25) is 5.78 Å². The van der Waals surface area contributed by atoms with Gasteiger partial charge in [-0.05, 0) is 43.2 Å². The molecule has 1 heterocycles. The second-order valence-corrected chi connectivity index (χ2v) is 6.71. The molecule has 0 amide bonds. The lowest BCUT2D eigenvalue weighted by atomic mass is 10.1. The average Bonchev–Trinajstić information content (AvgIpc) is 3.01. The lowest BCUT2D eigenvalue weighted by Crippen LogP contribution is -2.15. The van der Waals surface area contributed by atoms with Gasteiger partial charge in [-0.3, -0.25) is 4.79 Å². The molecule has 0 saturated carbocycles. The van der Waals surface area contributed by atoms with Crippen molar-refractivity contribution in [1.82, 2.24) is 4.57 Å². The maximum absolute atomic E-state index is 12.6. The second-order valence-electron chi connectivity index (χ2n) is 6.71. The Bertz CT molecular complexity index is 972. The minimum Gasteiger partial charge on any atom is -0.454 e. The fourth-order valence-corrected chi connectivity index (χ4v) is 3.13. The van der Waals surface area contributed by atoms with Crippen LogP contribution >= 0.6 is 0 Å². The van der Waals surface area contributed by atoms with Crippen LogP contribution in [0.5, 0.6) is 0 Å². The van der Waals surface area contributed by atoms with E-state index >= 15 is 0 Å². The van der Waals surface area contributed by atoms with E-state index in [1.165, 1.54) is 0 Å². The molecule has 28 heavy (non-hydrogen) atoms. The normalized spacial score (nSPS) is 10.7. The number of Topliss-reactive ketones (excluding diaryl/α,β-unsaturated/α-hetero) is 1. The van der Waals surface area contributed by atoms with E-state index in [0.717, 1.165) is 17.0 Å². The number of carbonyl (C=O) groups is 2. The quantitative estimate of drug-likeness (QED) is 0.504. The smallest absolute Gasteiger partial charge is 0.338 e. The molecule has 0 unspecified atom stereocenters. The van der Waals surface area contributed by atoms with Crippen LogP contribution in [0, 0.1) is 13.8 Å². The SMILES string of the molecule is Cc1cc(C(=O)COC(=O)c2ccc(CO)cc2)c(C)n1Cc1ccccc1. The van der Waals surface area contributed by atoms with E-state index < -0.39 is 5.97 Å². The number of aliphatic hydroxyl groups excluding tert-OH is 1. The largest absolute Gasteiger partial charge is 0.454 e. The molecule has 0 saturated heterocycles. The summed E-state index contributed by atoms with van der Waals surface area (Å²) in [6.45, 7) is 4.14. The minimum absolute atomic E-state index is 0.0909. The van der Waals surface area contributed by atoms with Gasteiger partial charge in [0, 0.05) is 23.5 Å². The number of rotatable bonds is 7. The summed E-state index contributed by atoms with van der Waals surface area (Å²) in [5, 5.41) is 9.05. The third-order valence-electron chi connectivity index (χ3n) is 4.76. The molecule has 0 aliphatic carbocycles. The molecule has 1 aromatic heterocycles. The average molecular weight is 377 g/mol. The number of benzene rings is 2. The van der Waals surface area contributed by atoms with Crippen LogP contribution in [0.4, 0.5) is 0 Å². The van der Waals surface area contributed by atoms with Crippen LogP contribution in [0.2, 0.25) is 0 Å². The van der Waals surface area contributed by atoms with E-state index in [-0.39, 0.29) is 19.0 Å². The zero-order chi connectivity index (χ0) is 20.1. The minimum atomic E-state index is -0.559. The Kier molecular flexibility index (Phi) is 6.06. The van der Waals surface area contributed by atoms with Crippen LogP contribution in [0.25, 0.3) is 0 Å². The summed E-state index contributed by atoms with van der Waals surface area (Å²) in [4.78, 5) is 24.7. The highest BCUT2D eigenvalue weighted by Crippen LogP contribution is 2.18. The van der Waals surface area contributed by atoms with E-state index in [9.17, 15) is 9.59 Å². The van der Waals surface area contributed by atoms with Gasteiger partial charge in [0.1, 0.15) is 0 Å². The number of esters is 1. The van der Waals surface area contributed by atoms with Crippen LogP contribution in [-0.4, -0.2) is 28.0 Å². The first-order valence-electron chi connectivity index (χ1n) is 9.10. The molecule has 1 N–H and O–H groups in total. The predicted molar refractivity (Wildman–Crippen MR) is 106 cm³/mol. The van der Waals surface area contributed by atoms with E-state index in [2.05, 4.69) is 4.57 Å². The van der Waals surface area contributed by atoms with Crippen molar-refractivity contribution in [1.29, 1.82) is 0 Å². The Balaban J connectivity index is 1.67. The van der Waals surface area contributed by atoms with E-state index in [1.54, 1.807) is 24.3 Å². The van der Waals surface area contributed by atoms with Gasteiger partial charge in [0.15, 0.2) is 6.61 Å². The second kappa shape index (κ2) is 8.67. The Hall–Kier alpha value is -3.18. The molecule has 0 atom stereocenters. The first-order chi connectivity index (χ1) is 13.5. The molecule has 0 spiro atoms. The van der Waals surface area contributed by atoms with Crippen molar-refractivity contribution in [2.24, 2.45) is 0 Å². The van der Waals surface area contributed by atoms with Crippen molar-refractivity contribution < 1.29 is 19.4 Å². The van der Waals surface area contributed by atoms with Gasteiger partial charge < -0.3 is 14.4 Å². The van der Waals surface area contributed by atoms with Gasteiger partial charge in [0.05, 0.1) is 12.2 Å². The van der Waals surface area contributed by atoms with Crippen LogP contribution in [-0.2, 0) is 17.9 Å². The third-order valence-corrected chi connectivity index (χ3v) is 4.76. The van der Waals surface area contributed by atoms with E-state index in [1.807, 2.05) is 50.2 Å². The number of aromatic nitrogens is 1. The van der Waals surface area contributed by atoms with Crippen molar-refractivity contribution in [2.75, 3.05) is 6.61 Å². The van der Waals surface area contributed by atoms with Gasteiger partial charge in [-0.25, -0.2) is 4.79 Å². The Morgan fingerprint density at radius 1 is 0.964 bits per heavy atom. The fraction of sp³-hybridized carbons (Fsp3) is 0.217. The molecule has 3 rings (SSSR count). The molecule has 2 aromatic carbocycles. The number of carbonyl (C=O) groups excluding carboxylic acids is 2. The van der Waals surface area contributed by atoms with Crippen LogP contribution in [0.1, 0.15) is 43.2 Å². The lowest BCUT2D eigenvalue weighted by molar-refractivity contribution is 0.0474. The lowest BCUT2D eigenvalue weighted by Gasteiger charge is -2.10. The molecular weight excluding hydrogens is 354 g/mol. The Labute approximate surface area is 164 Å². The molecule has 0 aliphatic rings. The highest BCUT2D eigenvalue weighted by atomic mass is 16.5. The topological polar surface area (TPSA) is 68.5 Å². The number of aryl methyl sites for hydroxylation is 1. The fourth-order valence-electron chi connectivity index (χ4n) is 3.13. The summed E-state index contributed by atoms with van der Waals surface area (Å²) < 4.78 is 7.26. The third kappa shape index (κ3) is 4.38. The highest BCUT2D eigenvalue weighted by molar-refractivity contribution is 6.00. The molecule has 5 heteroatoms. The summed E-state index contributed by atoms with van der Waals surface area (Å²) >= 11 is 0. The summed E-state index contributed by atoms with van der Waals surface area (Å²) in [5.74, 6) is -0.788. The molecular formula is C23H23NO4. The van der Waals surface area contributed by atoms with Gasteiger partial charge >= 0.3 is 5.97 Å². The van der Waals surface area contributed by atoms with Crippen molar-refractivity contribution in [2.45, 2.75) is 27.0 Å². The molecule has 5 nitrogen and oxygen atoms in total. The van der Waals surface area contributed by atoms with Gasteiger partial charge in [0.25, 0.3) is 0 Å². The summed E-state index contributed by atoms with van der Waals surface area (Å²) in [7, 11) is 0. The van der Waals surface area contributed by atoms with E-state index in [4.69, 9.17) is 9.84 Å². The molecule has 144 valence electrons. The zero-order valence-corrected chi connectivity index (χ0v) is 16.0. The van der Waals surface area contributed by atoms with Gasteiger partial charge in [-0.2, -0.15) is 0 Å². The van der Waals surface area contributed by atoms with Crippen LogP contribution < -0.4 is 0 Å².